The quantitative estimate of drug-likeness (QED) is 0.863. The van der Waals surface area contributed by atoms with Gasteiger partial charge in [0.2, 0.25) is 0 Å². The highest BCUT2D eigenvalue weighted by Gasteiger charge is 2.23. The first kappa shape index (κ1) is 17.4. The third kappa shape index (κ3) is 3.58. The van der Waals surface area contributed by atoms with Gasteiger partial charge in [-0.1, -0.05) is 6.92 Å². The predicted octanol–water partition coefficient (Wildman–Crippen LogP) is 3.29. The Kier molecular flexibility index (Phi) is 5.16. The largest absolute Gasteiger partial charge is 0.484 e. The van der Waals surface area contributed by atoms with E-state index in [1.54, 1.807) is 0 Å². The molecule has 2 heterocycles. The molecule has 1 saturated heterocycles. The zero-order valence-corrected chi connectivity index (χ0v) is 15.6. The summed E-state index contributed by atoms with van der Waals surface area (Å²) < 4.78 is 11.7. The van der Waals surface area contributed by atoms with Gasteiger partial charge in [-0.3, -0.25) is 9.69 Å². The molecule has 2 aliphatic rings. The van der Waals surface area contributed by atoms with Crippen molar-refractivity contribution in [1.82, 2.24) is 10.2 Å². The normalized spacial score (nSPS) is 20.3. The van der Waals surface area contributed by atoms with Gasteiger partial charge in [0.05, 0.1) is 0 Å². The first-order valence-corrected chi connectivity index (χ1v) is 9.92. The zero-order chi connectivity index (χ0) is 17.9. The molecule has 0 radical (unpaired) electrons. The number of hydrogen-bond acceptors (Lipinski definition) is 4. The second-order valence-corrected chi connectivity index (χ2v) is 7.39. The summed E-state index contributed by atoms with van der Waals surface area (Å²) in [6, 6.07) is 6.34. The van der Waals surface area contributed by atoms with Crippen molar-refractivity contribution in [3.63, 3.8) is 0 Å². The summed E-state index contributed by atoms with van der Waals surface area (Å²) >= 11 is 0. The smallest absolute Gasteiger partial charge is 0.257 e. The minimum Gasteiger partial charge on any atom is -0.484 e. The lowest BCUT2D eigenvalue weighted by atomic mass is 9.96. The number of carbonyl (C=O) groups is 1. The molecule has 1 N–H and O–H groups in total. The van der Waals surface area contributed by atoms with Crippen LogP contribution in [0.5, 0.6) is 5.75 Å². The number of likely N-dealkylation sites (N-methyl/N-ethyl adjacent to an activating group) is 1. The van der Waals surface area contributed by atoms with Gasteiger partial charge in [-0.15, -0.1) is 0 Å². The van der Waals surface area contributed by atoms with Crippen LogP contribution < -0.4 is 10.1 Å². The van der Waals surface area contributed by atoms with E-state index in [0.29, 0.717) is 12.6 Å². The predicted molar refractivity (Wildman–Crippen MR) is 102 cm³/mol. The highest BCUT2D eigenvalue weighted by atomic mass is 16.5. The van der Waals surface area contributed by atoms with Gasteiger partial charge in [-0.05, 0) is 63.4 Å². The van der Waals surface area contributed by atoms with Crippen molar-refractivity contribution < 1.29 is 13.9 Å². The minimum absolute atomic E-state index is 0.0535. The van der Waals surface area contributed by atoms with Gasteiger partial charge in [0.1, 0.15) is 17.1 Å². The number of amides is 1. The number of hydrogen-bond donors (Lipinski definition) is 1. The number of benzene rings is 1. The van der Waals surface area contributed by atoms with E-state index in [1.807, 2.05) is 18.2 Å². The van der Waals surface area contributed by atoms with Crippen LogP contribution in [0.2, 0.25) is 0 Å². The standard InChI is InChI=1S/C21H28N2O3/c1-2-23-11-5-6-15(23)13-22-21(24)14-25-16-9-10-20-18(12-16)17-7-3-4-8-19(17)26-20/h9-10,12,15H,2-8,11,13-14H2,1H3,(H,22,24). The van der Waals surface area contributed by atoms with Gasteiger partial charge < -0.3 is 14.5 Å². The van der Waals surface area contributed by atoms with Crippen LogP contribution in [0.4, 0.5) is 0 Å². The van der Waals surface area contributed by atoms with Gasteiger partial charge in [-0.25, -0.2) is 0 Å². The van der Waals surface area contributed by atoms with Gasteiger partial charge in [0.15, 0.2) is 6.61 Å². The van der Waals surface area contributed by atoms with Crippen molar-refractivity contribution in [3.8, 4) is 5.75 Å². The lowest BCUT2D eigenvalue weighted by Gasteiger charge is -2.22. The Morgan fingerprint density at radius 2 is 2.19 bits per heavy atom. The molecule has 1 aromatic carbocycles. The van der Waals surface area contributed by atoms with Gasteiger partial charge in [0, 0.05) is 30.0 Å². The van der Waals surface area contributed by atoms with Crippen LogP contribution in [0.25, 0.3) is 11.0 Å². The lowest BCUT2D eigenvalue weighted by molar-refractivity contribution is -0.123. The van der Waals surface area contributed by atoms with Crippen LogP contribution in [-0.4, -0.2) is 43.1 Å². The molecule has 1 aliphatic carbocycles. The van der Waals surface area contributed by atoms with E-state index < -0.39 is 0 Å². The summed E-state index contributed by atoms with van der Waals surface area (Å²) in [5, 5.41) is 4.16. The summed E-state index contributed by atoms with van der Waals surface area (Å²) in [6.07, 6.45) is 6.90. The fourth-order valence-corrected chi connectivity index (χ4v) is 4.31. The molecule has 1 aliphatic heterocycles. The van der Waals surface area contributed by atoms with E-state index in [2.05, 4.69) is 17.1 Å². The Morgan fingerprint density at radius 1 is 1.31 bits per heavy atom. The van der Waals surface area contributed by atoms with Gasteiger partial charge in [-0.2, -0.15) is 0 Å². The number of carbonyl (C=O) groups excluding carboxylic acids is 1. The Balaban J connectivity index is 1.33. The van der Waals surface area contributed by atoms with E-state index in [4.69, 9.17) is 9.15 Å². The average Bonchev–Trinajstić information content (AvgIpc) is 3.28. The molecular formula is C21H28N2O3. The lowest BCUT2D eigenvalue weighted by Crippen LogP contribution is -2.41. The molecule has 0 saturated carbocycles. The van der Waals surface area contributed by atoms with Crippen LogP contribution in [-0.2, 0) is 17.6 Å². The van der Waals surface area contributed by atoms with Crippen molar-refractivity contribution in [2.24, 2.45) is 0 Å². The second kappa shape index (κ2) is 7.70. The Morgan fingerprint density at radius 3 is 3.08 bits per heavy atom. The van der Waals surface area contributed by atoms with Crippen molar-refractivity contribution in [3.05, 3.63) is 29.5 Å². The average molecular weight is 356 g/mol. The SMILES string of the molecule is CCN1CCCC1CNC(=O)COc1ccc2oc3c(c2c1)CCCC3. The topological polar surface area (TPSA) is 54.7 Å². The molecule has 140 valence electrons. The zero-order valence-electron chi connectivity index (χ0n) is 15.6. The van der Waals surface area contributed by atoms with E-state index in [9.17, 15) is 4.79 Å². The third-order valence-corrected chi connectivity index (χ3v) is 5.74. The number of ether oxygens (including phenoxy) is 1. The number of likely N-dealkylation sites (tertiary alicyclic amines) is 1. The Labute approximate surface area is 154 Å². The maximum atomic E-state index is 12.1. The molecule has 0 spiro atoms. The maximum Gasteiger partial charge on any atom is 0.257 e. The second-order valence-electron chi connectivity index (χ2n) is 7.39. The van der Waals surface area contributed by atoms with E-state index in [0.717, 1.165) is 54.8 Å². The molecular weight excluding hydrogens is 328 g/mol. The molecule has 1 unspecified atom stereocenters. The molecule has 4 rings (SSSR count). The van der Waals surface area contributed by atoms with E-state index in [1.165, 1.54) is 24.8 Å². The molecule has 26 heavy (non-hydrogen) atoms. The number of aryl methyl sites for hydroxylation is 2. The first-order valence-electron chi connectivity index (χ1n) is 9.92. The maximum absolute atomic E-state index is 12.1. The molecule has 1 amide bonds. The Hall–Kier alpha value is -2.01. The van der Waals surface area contributed by atoms with Crippen LogP contribution >= 0.6 is 0 Å². The summed E-state index contributed by atoms with van der Waals surface area (Å²) in [5.74, 6) is 1.80. The number of nitrogens with one attached hydrogen (secondary N) is 1. The van der Waals surface area contributed by atoms with Crippen LogP contribution in [0.15, 0.2) is 22.6 Å². The fraction of sp³-hybridized carbons (Fsp3) is 0.571. The molecule has 2 aromatic rings. The van der Waals surface area contributed by atoms with Gasteiger partial charge >= 0.3 is 0 Å². The third-order valence-electron chi connectivity index (χ3n) is 5.74. The fourth-order valence-electron chi connectivity index (χ4n) is 4.31. The van der Waals surface area contributed by atoms with Crippen molar-refractivity contribution in [1.29, 1.82) is 0 Å². The van der Waals surface area contributed by atoms with E-state index >= 15 is 0 Å². The molecule has 1 fully saturated rings. The molecule has 0 bridgehead atoms. The van der Waals surface area contributed by atoms with Crippen LogP contribution in [0.3, 0.4) is 0 Å². The van der Waals surface area contributed by atoms with Gasteiger partial charge in [0.25, 0.3) is 5.91 Å². The summed E-state index contributed by atoms with van der Waals surface area (Å²) in [5.41, 5.74) is 2.25. The van der Waals surface area contributed by atoms with Crippen LogP contribution in [0, 0.1) is 0 Å². The molecule has 1 aromatic heterocycles. The molecule has 5 nitrogen and oxygen atoms in total. The first-order chi connectivity index (χ1) is 12.7. The van der Waals surface area contributed by atoms with E-state index in [-0.39, 0.29) is 12.5 Å². The Bertz CT molecular complexity index is 783. The van der Waals surface area contributed by atoms with Crippen molar-refractivity contribution in [2.45, 2.75) is 51.5 Å². The summed E-state index contributed by atoms with van der Waals surface area (Å²) in [6.45, 7) is 5.14. The highest BCUT2D eigenvalue weighted by molar-refractivity contribution is 5.84. The van der Waals surface area contributed by atoms with Crippen LogP contribution in [0.1, 0.15) is 43.9 Å². The van der Waals surface area contributed by atoms with Crippen molar-refractivity contribution in [2.75, 3.05) is 26.2 Å². The summed E-state index contributed by atoms with van der Waals surface area (Å²) in [4.78, 5) is 14.6. The highest BCUT2D eigenvalue weighted by Crippen LogP contribution is 2.33. The molecule has 1 atom stereocenters. The monoisotopic (exact) mass is 356 g/mol. The summed E-state index contributed by atoms with van der Waals surface area (Å²) in [7, 11) is 0. The van der Waals surface area contributed by atoms with Crippen molar-refractivity contribution >= 4 is 16.9 Å². The number of nitrogens with zero attached hydrogens (tertiary/aromatic N) is 1. The number of rotatable bonds is 6. The minimum atomic E-state index is -0.0535. The molecule has 5 heteroatoms. The number of furan rings is 1. The number of fused-ring (bicyclic) bond motifs is 3.